The van der Waals surface area contributed by atoms with Crippen molar-refractivity contribution in [1.82, 2.24) is 14.5 Å². The topological polar surface area (TPSA) is 38.1 Å². The van der Waals surface area contributed by atoms with E-state index in [-0.39, 0.29) is 11.9 Å². The van der Waals surface area contributed by atoms with Crippen LogP contribution < -0.4 is 0 Å². The van der Waals surface area contributed by atoms with Crippen LogP contribution in [0.2, 0.25) is 5.02 Å². The normalized spacial score (nSPS) is 19.0. The first-order valence-corrected chi connectivity index (χ1v) is 9.22. The molecule has 1 saturated heterocycles. The van der Waals surface area contributed by atoms with Gasteiger partial charge in [-0.2, -0.15) is 0 Å². The largest absolute Gasteiger partial charge is 0.330 e. The van der Waals surface area contributed by atoms with Crippen molar-refractivity contribution in [2.75, 3.05) is 6.54 Å². The highest BCUT2D eigenvalue weighted by molar-refractivity contribution is 7.13. The predicted molar refractivity (Wildman–Crippen MR) is 94.9 cm³/mol. The summed E-state index contributed by atoms with van der Waals surface area (Å²) in [5.41, 5.74) is 3.49. The molecule has 120 valence electrons. The molecule has 0 aliphatic carbocycles. The third-order valence-electron chi connectivity index (χ3n) is 4.85. The Bertz CT molecular complexity index is 947. The fraction of sp³-hybridized carbons (Fsp3) is 0.222. The van der Waals surface area contributed by atoms with E-state index in [9.17, 15) is 4.79 Å². The second-order valence-corrected chi connectivity index (χ2v) is 7.47. The van der Waals surface area contributed by atoms with E-state index >= 15 is 0 Å². The Balaban J connectivity index is 1.84. The van der Waals surface area contributed by atoms with Crippen molar-refractivity contribution in [2.45, 2.75) is 18.9 Å². The molecule has 0 unspecified atom stereocenters. The smallest absolute Gasteiger partial charge is 0.258 e. The van der Waals surface area contributed by atoms with Crippen molar-refractivity contribution in [2.24, 2.45) is 0 Å². The monoisotopic (exact) mass is 355 g/mol. The minimum atomic E-state index is 0.0268. The summed E-state index contributed by atoms with van der Waals surface area (Å²) in [6.45, 7) is 0.767. The number of carbonyl (C=O) groups excluding carboxylic acids is 1. The van der Waals surface area contributed by atoms with Gasteiger partial charge in [-0.3, -0.25) is 9.36 Å². The summed E-state index contributed by atoms with van der Waals surface area (Å²) in [4.78, 5) is 20.9. The molecule has 1 aromatic carbocycles. The minimum Gasteiger partial charge on any atom is -0.330 e. The SMILES string of the molecule is O=C1c2c(Cl)cccc2-n2cnc(-c3cccs3)c2[C@@H]2CCCN12. The number of thiophene rings is 1. The summed E-state index contributed by atoms with van der Waals surface area (Å²) in [6.07, 6.45) is 3.79. The van der Waals surface area contributed by atoms with E-state index in [0.717, 1.165) is 41.3 Å². The van der Waals surface area contributed by atoms with Crippen LogP contribution in [0.3, 0.4) is 0 Å². The van der Waals surface area contributed by atoms with Gasteiger partial charge in [-0.15, -0.1) is 11.3 Å². The van der Waals surface area contributed by atoms with Crippen molar-refractivity contribution in [3.05, 3.63) is 58.3 Å². The van der Waals surface area contributed by atoms with E-state index in [4.69, 9.17) is 11.6 Å². The van der Waals surface area contributed by atoms with Gasteiger partial charge in [0.05, 0.1) is 32.9 Å². The van der Waals surface area contributed by atoms with Crippen molar-refractivity contribution in [3.63, 3.8) is 0 Å². The minimum absolute atomic E-state index is 0.0268. The summed E-state index contributed by atoms with van der Waals surface area (Å²) in [7, 11) is 0. The number of nitrogens with zero attached hydrogens (tertiary/aromatic N) is 3. The molecule has 2 aliphatic rings. The number of hydrogen-bond acceptors (Lipinski definition) is 3. The molecule has 3 aromatic rings. The molecule has 0 N–H and O–H groups in total. The summed E-state index contributed by atoms with van der Waals surface area (Å²) >= 11 is 8.07. The van der Waals surface area contributed by atoms with E-state index in [1.54, 1.807) is 17.4 Å². The Morgan fingerprint density at radius 3 is 3.00 bits per heavy atom. The van der Waals surface area contributed by atoms with Crippen LogP contribution in [0.5, 0.6) is 0 Å². The summed E-state index contributed by atoms with van der Waals surface area (Å²) in [6, 6.07) is 9.79. The highest BCUT2D eigenvalue weighted by Crippen LogP contribution is 2.44. The van der Waals surface area contributed by atoms with Crippen LogP contribution in [-0.4, -0.2) is 26.9 Å². The number of fused-ring (bicyclic) bond motifs is 5. The molecule has 6 heteroatoms. The molecule has 24 heavy (non-hydrogen) atoms. The van der Waals surface area contributed by atoms with E-state index in [1.165, 1.54) is 0 Å². The molecule has 1 fully saturated rings. The highest BCUT2D eigenvalue weighted by atomic mass is 35.5. The second kappa shape index (κ2) is 5.19. The average Bonchev–Trinajstić information content (AvgIpc) is 3.31. The fourth-order valence-corrected chi connectivity index (χ4v) is 4.81. The fourth-order valence-electron chi connectivity index (χ4n) is 3.83. The number of halogens is 1. The van der Waals surface area contributed by atoms with Crippen LogP contribution in [-0.2, 0) is 0 Å². The Labute approximate surface area is 148 Å². The van der Waals surface area contributed by atoms with Crippen LogP contribution >= 0.6 is 22.9 Å². The van der Waals surface area contributed by atoms with E-state index in [1.807, 2.05) is 29.4 Å². The zero-order valence-corrected chi connectivity index (χ0v) is 14.3. The molecular formula is C18H14ClN3OS. The molecule has 0 saturated carbocycles. The number of imidazole rings is 1. The molecule has 1 atom stereocenters. The number of rotatable bonds is 1. The van der Waals surface area contributed by atoms with E-state index < -0.39 is 0 Å². The first-order valence-electron chi connectivity index (χ1n) is 7.96. The lowest BCUT2D eigenvalue weighted by Gasteiger charge is -2.23. The van der Waals surface area contributed by atoms with Crippen LogP contribution in [0.25, 0.3) is 16.3 Å². The van der Waals surface area contributed by atoms with Crippen LogP contribution in [0.1, 0.15) is 34.9 Å². The van der Waals surface area contributed by atoms with Gasteiger partial charge in [0, 0.05) is 6.54 Å². The first kappa shape index (κ1) is 14.3. The van der Waals surface area contributed by atoms with Gasteiger partial charge in [0.25, 0.3) is 5.91 Å². The lowest BCUT2D eigenvalue weighted by atomic mass is 10.1. The van der Waals surface area contributed by atoms with Crippen molar-refractivity contribution in [1.29, 1.82) is 0 Å². The van der Waals surface area contributed by atoms with Gasteiger partial charge in [-0.25, -0.2) is 4.98 Å². The molecule has 5 rings (SSSR count). The molecule has 0 bridgehead atoms. The number of carbonyl (C=O) groups is 1. The van der Waals surface area contributed by atoms with Gasteiger partial charge in [0.2, 0.25) is 0 Å². The molecule has 4 nitrogen and oxygen atoms in total. The maximum absolute atomic E-state index is 13.1. The predicted octanol–water partition coefficient (Wildman–Crippen LogP) is 4.54. The molecule has 4 heterocycles. The Morgan fingerprint density at radius 1 is 1.25 bits per heavy atom. The quantitative estimate of drug-likeness (QED) is 0.642. The number of amides is 1. The average molecular weight is 356 g/mol. The van der Waals surface area contributed by atoms with Crippen molar-refractivity contribution < 1.29 is 4.79 Å². The lowest BCUT2D eigenvalue weighted by Crippen LogP contribution is -2.29. The third kappa shape index (κ3) is 1.85. The Kier molecular flexibility index (Phi) is 3.08. The zero-order chi connectivity index (χ0) is 16.3. The summed E-state index contributed by atoms with van der Waals surface area (Å²) < 4.78 is 2.06. The number of hydrogen-bond donors (Lipinski definition) is 0. The van der Waals surface area contributed by atoms with Gasteiger partial charge in [-0.05, 0) is 36.4 Å². The first-order chi connectivity index (χ1) is 11.8. The van der Waals surface area contributed by atoms with Crippen LogP contribution in [0, 0.1) is 0 Å². The van der Waals surface area contributed by atoms with Crippen molar-refractivity contribution >= 4 is 28.8 Å². The second-order valence-electron chi connectivity index (χ2n) is 6.12. The summed E-state index contributed by atoms with van der Waals surface area (Å²) in [5.74, 6) is 0.0268. The molecule has 0 spiro atoms. The Hall–Kier alpha value is -2.11. The van der Waals surface area contributed by atoms with Gasteiger partial charge in [0.1, 0.15) is 12.0 Å². The number of benzene rings is 1. The Morgan fingerprint density at radius 2 is 2.17 bits per heavy atom. The standard InChI is InChI=1S/C18H14ClN3OS/c19-11-4-1-5-12-15(11)18(23)21-8-2-6-13(21)17-16(20-10-22(12)17)14-7-3-9-24-14/h1,3-5,7,9-10,13H,2,6,8H2/t13-/m0/s1. The van der Waals surface area contributed by atoms with Gasteiger partial charge in [-0.1, -0.05) is 23.7 Å². The van der Waals surface area contributed by atoms with Gasteiger partial charge >= 0.3 is 0 Å². The molecule has 2 aliphatic heterocycles. The van der Waals surface area contributed by atoms with Crippen LogP contribution in [0.15, 0.2) is 42.0 Å². The maximum atomic E-state index is 13.1. The van der Waals surface area contributed by atoms with Gasteiger partial charge < -0.3 is 4.90 Å². The van der Waals surface area contributed by atoms with Crippen LogP contribution in [0.4, 0.5) is 0 Å². The van der Waals surface area contributed by atoms with Gasteiger partial charge in [0.15, 0.2) is 0 Å². The molecule has 0 radical (unpaired) electrons. The lowest BCUT2D eigenvalue weighted by molar-refractivity contribution is 0.0739. The molecule has 1 amide bonds. The summed E-state index contributed by atoms with van der Waals surface area (Å²) in [5, 5.41) is 2.56. The van der Waals surface area contributed by atoms with Crippen molar-refractivity contribution in [3.8, 4) is 16.3 Å². The zero-order valence-electron chi connectivity index (χ0n) is 12.8. The molecule has 2 aromatic heterocycles. The number of aromatic nitrogens is 2. The highest BCUT2D eigenvalue weighted by Gasteiger charge is 2.39. The van der Waals surface area contributed by atoms with E-state index in [0.29, 0.717) is 10.6 Å². The molecular weight excluding hydrogens is 342 g/mol. The third-order valence-corrected chi connectivity index (χ3v) is 6.04. The van der Waals surface area contributed by atoms with E-state index in [2.05, 4.69) is 21.0 Å². The maximum Gasteiger partial charge on any atom is 0.258 e.